The standard InChI is InChI=1S/C26H19F4N7O2/c1-39-20-7-3-14(9-32-20)8-16-4-5-17(23(27)37-16)22(38)18-12-34-25-21(18)24(35-13-36-25)33-11-15-2-6-19(31-10-15)26(28,29)30/h2-7,9-10,12-13H,8,11H2,1H3,(H2,33,34,35,36). The third-order valence-electron chi connectivity index (χ3n) is 5.83. The lowest BCUT2D eigenvalue weighted by molar-refractivity contribution is -0.141. The van der Waals surface area contributed by atoms with E-state index >= 15 is 0 Å². The maximum atomic E-state index is 15.0. The summed E-state index contributed by atoms with van der Waals surface area (Å²) < 4.78 is 58.3. The van der Waals surface area contributed by atoms with E-state index in [2.05, 4.69) is 35.2 Å². The van der Waals surface area contributed by atoms with E-state index in [4.69, 9.17) is 4.74 Å². The van der Waals surface area contributed by atoms with Crippen molar-refractivity contribution < 1.29 is 27.1 Å². The van der Waals surface area contributed by atoms with E-state index in [0.717, 1.165) is 17.8 Å². The van der Waals surface area contributed by atoms with Gasteiger partial charge in [-0.1, -0.05) is 12.1 Å². The Kier molecular flexibility index (Phi) is 6.88. The number of anilines is 1. The van der Waals surface area contributed by atoms with Gasteiger partial charge in [-0.3, -0.25) is 9.78 Å². The van der Waals surface area contributed by atoms with Gasteiger partial charge in [-0.05, 0) is 29.3 Å². The summed E-state index contributed by atoms with van der Waals surface area (Å²) in [5, 5.41) is 3.29. The Hall–Kier alpha value is -4.94. The molecule has 0 radical (unpaired) electrons. The highest BCUT2D eigenvalue weighted by molar-refractivity contribution is 6.18. The Bertz CT molecular complexity index is 1640. The predicted molar refractivity (Wildman–Crippen MR) is 132 cm³/mol. The number of ketones is 1. The molecule has 13 heteroatoms. The first-order chi connectivity index (χ1) is 18.7. The molecule has 39 heavy (non-hydrogen) atoms. The Balaban J connectivity index is 1.37. The van der Waals surface area contributed by atoms with Gasteiger partial charge in [-0.15, -0.1) is 0 Å². The van der Waals surface area contributed by atoms with Gasteiger partial charge in [-0.2, -0.15) is 17.6 Å². The van der Waals surface area contributed by atoms with Crippen LogP contribution in [0, 0.1) is 5.95 Å². The fourth-order valence-electron chi connectivity index (χ4n) is 3.89. The molecule has 0 aliphatic carbocycles. The summed E-state index contributed by atoms with van der Waals surface area (Å²) in [6.45, 7) is 0.0703. The van der Waals surface area contributed by atoms with Crippen molar-refractivity contribution in [2.45, 2.75) is 19.1 Å². The molecule has 5 aromatic heterocycles. The van der Waals surface area contributed by atoms with Crippen LogP contribution in [0.1, 0.15) is 38.4 Å². The Morgan fingerprint density at radius 1 is 0.974 bits per heavy atom. The van der Waals surface area contributed by atoms with E-state index in [-0.39, 0.29) is 23.5 Å². The zero-order chi connectivity index (χ0) is 27.6. The lowest BCUT2D eigenvalue weighted by atomic mass is 10.0. The highest BCUT2D eigenvalue weighted by atomic mass is 19.4. The van der Waals surface area contributed by atoms with Crippen LogP contribution < -0.4 is 10.1 Å². The van der Waals surface area contributed by atoms with Crippen LogP contribution in [0.3, 0.4) is 0 Å². The van der Waals surface area contributed by atoms with Crippen molar-refractivity contribution in [1.29, 1.82) is 0 Å². The summed E-state index contributed by atoms with van der Waals surface area (Å²) in [5.74, 6) is -0.888. The normalized spacial score (nSPS) is 11.5. The Morgan fingerprint density at radius 2 is 1.77 bits per heavy atom. The molecular weight excluding hydrogens is 518 g/mol. The van der Waals surface area contributed by atoms with Gasteiger partial charge < -0.3 is 15.0 Å². The molecule has 0 bridgehead atoms. The smallest absolute Gasteiger partial charge is 0.433 e. The second-order valence-corrected chi connectivity index (χ2v) is 8.41. The number of hydrogen-bond donors (Lipinski definition) is 2. The summed E-state index contributed by atoms with van der Waals surface area (Å²) >= 11 is 0. The predicted octanol–water partition coefficient (Wildman–Crippen LogP) is 4.74. The maximum Gasteiger partial charge on any atom is 0.433 e. The van der Waals surface area contributed by atoms with Crippen molar-refractivity contribution in [3.8, 4) is 5.88 Å². The number of nitrogens with zero attached hydrogens (tertiary/aromatic N) is 5. The largest absolute Gasteiger partial charge is 0.481 e. The first kappa shape index (κ1) is 25.7. The zero-order valence-corrected chi connectivity index (χ0v) is 20.3. The minimum atomic E-state index is -4.54. The molecule has 5 aromatic rings. The number of methoxy groups -OCH3 is 1. The second kappa shape index (κ2) is 10.4. The molecule has 0 saturated carbocycles. The molecule has 0 aromatic carbocycles. The van der Waals surface area contributed by atoms with E-state index in [1.54, 1.807) is 24.4 Å². The van der Waals surface area contributed by atoms with Gasteiger partial charge in [0.1, 0.15) is 23.5 Å². The number of fused-ring (bicyclic) bond motifs is 1. The Labute approximate surface area is 218 Å². The number of ether oxygens (including phenoxy) is 1. The maximum absolute atomic E-state index is 15.0. The SMILES string of the molecule is COc1ccc(Cc2ccc(C(=O)c3c[nH]c4ncnc(NCc5ccc(C(F)(F)F)nc5)c34)c(F)n2)cn1. The summed E-state index contributed by atoms with van der Waals surface area (Å²) in [4.78, 5) is 36.0. The van der Waals surface area contributed by atoms with E-state index < -0.39 is 23.6 Å². The molecule has 0 amide bonds. The lowest BCUT2D eigenvalue weighted by Crippen LogP contribution is -2.10. The third kappa shape index (κ3) is 5.51. The van der Waals surface area contributed by atoms with Crippen LogP contribution in [0.5, 0.6) is 5.88 Å². The minimum absolute atomic E-state index is 0.0703. The van der Waals surface area contributed by atoms with Crippen molar-refractivity contribution in [3.63, 3.8) is 0 Å². The summed E-state index contributed by atoms with van der Waals surface area (Å²) in [6.07, 6.45) is 1.10. The van der Waals surface area contributed by atoms with Crippen LogP contribution in [0.15, 0.2) is 61.3 Å². The molecule has 9 nitrogen and oxygen atoms in total. The van der Waals surface area contributed by atoms with Gasteiger partial charge in [0.2, 0.25) is 11.8 Å². The molecule has 0 atom stereocenters. The Morgan fingerprint density at radius 3 is 2.44 bits per heavy atom. The lowest BCUT2D eigenvalue weighted by Gasteiger charge is -2.10. The second-order valence-electron chi connectivity index (χ2n) is 8.41. The number of carbonyl (C=O) groups is 1. The molecule has 0 aliphatic heterocycles. The van der Waals surface area contributed by atoms with Gasteiger partial charge in [0.25, 0.3) is 0 Å². The molecule has 0 spiro atoms. The number of hydrogen-bond acceptors (Lipinski definition) is 8. The van der Waals surface area contributed by atoms with Crippen molar-refractivity contribution in [1.82, 2.24) is 29.9 Å². The van der Waals surface area contributed by atoms with Crippen LogP contribution in [-0.4, -0.2) is 42.8 Å². The fraction of sp³-hybridized carbons (Fsp3) is 0.154. The zero-order valence-electron chi connectivity index (χ0n) is 20.3. The average molecular weight is 537 g/mol. The van der Waals surface area contributed by atoms with Crippen LogP contribution in [0.4, 0.5) is 23.4 Å². The molecule has 2 N–H and O–H groups in total. The van der Waals surface area contributed by atoms with E-state index in [1.165, 1.54) is 31.8 Å². The van der Waals surface area contributed by atoms with Crippen molar-refractivity contribution in [2.24, 2.45) is 0 Å². The molecule has 5 rings (SSSR count). The monoisotopic (exact) mass is 537 g/mol. The van der Waals surface area contributed by atoms with Gasteiger partial charge >= 0.3 is 6.18 Å². The summed E-state index contributed by atoms with van der Waals surface area (Å²) in [7, 11) is 1.50. The third-order valence-corrected chi connectivity index (χ3v) is 5.83. The van der Waals surface area contributed by atoms with Crippen LogP contribution in [0.25, 0.3) is 11.0 Å². The number of pyridine rings is 3. The number of halogens is 4. The van der Waals surface area contributed by atoms with Crippen LogP contribution in [-0.2, 0) is 19.1 Å². The number of H-pyrrole nitrogens is 1. The quantitative estimate of drug-likeness (QED) is 0.166. The van der Waals surface area contributed by atoms with E-state index in [9.17, 15) is 22.4 Å². The number of nitrogens with one attached hydrogen (secondary N) is 2. The van der Waals surface area contributed by atoms with Crippen molar-refractivity contribution >= 4 is 22.6 Å². The number of rotatable bonds is 8. The van der Waals surface area contributed by atoms with E-state index in [1.807, 2.05) is 0 Å². The molecule has 0 saturated heterocycles. The van der Waals surface area contributed by atoms with Gasteiger partial charge in [0.15, 0.2) is 5.78 Å². The van der Waals surface area contributed by atoms with Crippen LogP contribution in [0.2, 0.25) is 0 Å². The van der Waals surface area contributed by atoms with Crippen LogP contribution >= 0.6 is 0 Å². The molecule has 0 fully saturated rings. The number of alkyl halides is 3. The fourth-order valence-corrected chi connectivity index (χ4v) is 3.89. The van der Waals surface area contributed by atoms with Gasteiger partial charge in [-0.25, -0.2) is 19.9 Å². The summed E-state index contributed by atoms with van der Waals surface area (Å²) in [5.41, 5.74) is 0.826. The number of carbonyl (C=O) groups excluding carboxylic acids is 1. The molecule has 0 aliphatic rings. The minimum Gasteiger partial charge on any atom is -0.481 e. The molecule has 198 valence electrons. The van der Waals surface area contributed by atoms with Crippen molar-refractivity contribution in [2.75, 3.05) is 12.4 Å². The van der Waals surface area contributed by atoms with Gasteiger partial charge in [0, 0.05) is 43.3 Å². The molecule has 0 unspecified atom stereocenters. The highest BCUT2D eigenvalue weighted by Gasteiger charge is 2.32. The average Bonchev–Trinajstić information content (AvgIpc) is 3.37. The molecular formula is C26H19F4N7O2. The first-order valence-corrected chi connectivity index (χ1v) is 11.5. The van der Waals surface area contributed by atoms with E-state index in [0.29, 0.717) is 34.6 Å². The molecule has 5 heterocycles. The highest BCUT2D eigenvalue weighted by Crippen LogP contribution is 2.29. The number of aromatic amines is 1. The topological polar surface area (TPSA) is 119 Å². The van der Waals surface area contributed by atoms with Crippen molar-refractivity contribution in [3.05, 3.63) is 101 Å². The summed E-state index contributed by atoms with van der Waals surface area (Å²) in [6, 6.07) is 8.55. The number of aromatic nitrogens is 6. The van der Waals surface area contributed by atoms with Gasteiger partial charge in [0.05, 0.1) is 23.6 Å². The first-order valence-electron chi connectivity index (χ1n) is 11.5.